The lowest BCUT2D eigenvalue weighted by molar-refractivity contribution is -0.137. The predicted octanol–water partition coefficient (Wildman–Crippen LogP) is 3.18. The van der Waals surface area contributed by atoms with Gasteiger partial charge in [0.1, 0.15) is 0 Å². The monoisotopic (exact) mass is 338 g/mol. The van der Waals surface area contributed by atoms with E-state index in [1.165, 1.54) is 37.6 Å². The molecule has 1 amide bonds. The Morgan fingerprint density at radius 2 is 2.00 bits per heavy atom. The Balaban J connectivity index is 2.08. The van der Waals surface area contributed by atoms with Crippen LogP contribution in [0.15, 0.2) is 47.6 Å². The molecule has 0 atom stereocenters. The molecule has 24 heavy (non-hydrogen) atoms. The number of hydrogen-bond acceptors (Lipinski definition) is 4. The van der Waals surface area contributed by atoms with Crippen molar-refractivity contribution in [3.8, 4) is 11.5 Å². The van der Waals surface area contributed by atoms with Crippen LogP contribution in [0.1, 0.15) is 21.5 Å². The Morgan fingerprint density at radius 1 is 1.25 bits per heavy atom. The molecule has 2 aromatic carbocycles. The van der Waals surface area contributed by atoms with Crippen LogP contribution in [0.4, 0.5) is 13.2 Å². The highest BCUT2D eigenvalue weighted by atomic mass is 19.4. The molecule has 0 heterocycles. The number of rotatable bonds is 4. The highest BCUT2D eigenvalue weighted by Crippen LogP contribution is 2.29. The van der Waals surface area contributed by atoms with E-state index in [0.717, 1.165) is 18.2 Å². The standard InChI is InChI=1S/C16H13F3N2O3/c1-24-14-7-10(5-6-13(14)22)9-20-21-15(23)11-3-2-4-12(8-11)16(17,18)19/h2-9,22H,1H3,(H,21,23). The Kier molecular flexibility index (Phi) is 5.08. The maximum atomic E-state index is 12.6. The fourth-order valence-electron chi connectivity index (χ4n) is 1.84. The normalized spacial score (nSPS) is 11.5. The van der Waals surface area contributed by atoms with Gasteiger partial charge in [0.15, 0.2) is 11.5 Å². The third-order valence-electron chi connectivity index (χ3n) is 3.04. The quantitative estimate of drug-likeness (QED) is 0.664. The van der Waals surface area contributed by atoms with Crippen LogP contribution >= 0.6 is 0 Å². The molecule has 0 radical (unpaired) electrons. The van der Waals surface area contributed by atoms with Gasteiger partial charge in [0.25, 0.3) is 5.91 Å². The van der Waals surface area contributed by atoms with Gasteiger partial charge in [0, 0.05) is 5.56 Å². The highest BCUT2D eigenvalue weighted by molar-refractivity contribution is 5.95. The van der Waals surface area contributed by atoms with Crippen molar-refractivity contribution in [3.63, 3.8) is 0 Å². The van der Waals surface area contributed by atoms with Gasteiger partial charge >= 0.3 is 6.18 Å². The molecule has 0 aliphatic carbocycles. The number of hydrogen-bond donors (Lipinski definition) is 2. The first kappa shape index (κ1) is 17.3. The van der Waals surface area contributed by atoms with Gasteiger partial charge in [-0.15, -0.1) is 0 Å². The molecule has 0 bridgehead atoms. The van der Waals surface area contributed by atoms with Gasteiger partial charge in [0.2, 0.25) is 0 Å². The van der Waals surface area contributed by atoms with Crippen molar-refractivity contribution in [2.45, 2.75) is 6.18 Å². The summed E-state index contributed by atoms with van der Waals surface area (Å²) in [6, 6.07) is 8.41. The number of aromatic hydroxyl groups is 1. The van der Waals surface area contributed by atoms with Crippen LogP contribution in [0, 0.1) is 0 Å². The van der Waals surface area contributed by atoms with E-state index in [1.54, 1.807) is 0 Å². The molecule has 8 heteroatoms. The number of nitrogens with one attached hydrogen (secondary N) is 1. The zero-order chi connectivity index (χ0) is 17.7. The van der Waals surface area contributed by atoms with Crippen LogP contribution in [0.25, 0.3) is 0 Å². The highest BCUT2D eigenvalue weighted by Gasteiger charge is 2.30. The van der Waals surface area contributed by atoms with Gasteiger partial charge in [0.05, 0.1) is 18.9 Å². The summed E-state index contributed by atoms with van der Waals surface area (Å²) in [4.78, 5) is 11.8. The minimum atomic E-state index is -4.53. The summed E-state index contributed by atoms with van der Waals surface area (Å²) in [7, 11) is 1.38. The topological polar surface area (TPSA) is 70.9 Å². The lowest BCUT2D eigenvalue weighted by Crippen LogP contribution is -2.18. The number of nitrogens with zero attached hydrogens (tertiary/aromatic N) is 1. The smallest absolute Gasteiger partial charge is 0.416 e. The summed E-state index contributed by atoms with van der Waals surface area (Å²) in [5.74, 6) is -0.603. The minimum Gasteiger partial charge on any atom is -0.504 e. The van der Waals surface area contributed by atoms with E-state index in [0.29, 0.717) is 5.56 Å². The number of amides is 1. The van der Waals surface area contributed by atoms with Crippen molar-refractivity contribution in [2.75, 3.05) is 7.11 Å². The number of carbonyl (C=O) groups is 1. The fourth-order valence-corrected chi connectivity index (χ4v) is 1.84. The van der Waals surface area contributed by atoms with Crippen LogP contribution in [0.3, 0.4) is 0 Å². The lowest BCUT2D eigenvalue weighted by Gasteiger charge is -2.07. The molecular formula is C16H13F3N2O3. The number of halogens is 3. The zero-order valence-corrected chi connectivity index (χ0v) is 12.5. The molecule has 0 unspecified atom stereocenters. The molecule has 2 rings (SSSR count). The number of phenolic OH excluding ortho intramolecular Hbond substituents is 1. The van der Waals surface area contributed by atoms with Crippen LogP contribution in [-0.4, -0.2) is 24.3 Å². The summed E-state index contributed by atoms with van der Waals surface area (Å²) in [5.41, 5.74) is 1.58. The molecular weight excluding hydrogens is 325 g/mol. The molecule has 0 fully saturated rings. The van der Waals surface area contributed by atoms with E-state index < -0.39 is 17.6 Å². The Morgan fingerprint density at radius 3 is 2.67 bits per heavy atom. The lowest BCUT2D eigenvalue weighted by atomic mass is 10.1. The van der Waals surface area contributed by atoms with Gasteiger partial charge in [-0.05, 0) is 42.0 Å². The van der Waals surface area contributed by atoms with Crippen molar-refractivity contribution in [1.82, 2.24) is 5.43 Å². The molecule has 0 saturated carbocycles. The van der Waals surface area contributed by atoms with E-state index in [9.17, 15) is 23.1 Å². The third kappa shape index (κ3) is 4.25. The summed E-state index contributed by atoms with van der Waals surface area (Å²) < 4.78 is 42.8. The molecule has 0 saturated heterocycles. The van der Waals surface area contributed by atoms with Crippen molar-refractivity contribution < 1.29 is 27.8 Å². The number of hydrazone groups is 1. The Labute approximate surface area is 135 Å². The molecule has 5 nitrogen and oxygen atoms in total. The van der Waals surface area contributed by atoms with E-state index in [1.807, 2.05) is 0 Å². The molecule has 2 aromatic rings. The molecule has 0 aromatic heterocycles. The number of benzene rings is 2. The number of phenols is 1. The van der Waals surface area contributed by atoms with Crippen molar-refractivity contribution >= 4 is 12.1 Å². The maximum Gasteiger partial charge on any atom is 0.416 e. The number of ether oxygens (including phenoxy) is 1. The molecule has 126 valence electrons. The molecule has 0 aliphatic rings. The van der Waals surface area contributed by atoms with E-state index in [2.05, 4.69) is 10.5 Å². The number of methoxy groups -OCH3 is 1. The number of alkyl halides is 3. The SMILES string of the molecule is COc1cc(C=NNC(=O)c2cccc(C(F)(F)F)c2)ccc1O. The third-order valence-corrected chi connectivity index (χ3v) is 3.04. The average Bonchev–Trinajstić information content (AvgIpc) is 2.55. The van der Waals surface area contributed by atoms with Gasteiger partial charge in [-0.3, -0.25) is 4.79 Å². The average molecular weight is 338 g/mol. The van der Waals surface area contributed by atoms with Crippen LogP contribution < -0.4 is 10.2 Å². The second-order valence-electron chi connectivity index (χ2n) is 4.71. The van der Waals surface area contributed by atoms with Gasteiger partial charge in [-0.25, -0.2) is 5.43 Å². The minimum absolute atomic E-state index is 0.0531. The van der Waals surface area contributed by atoms with Crippen LogP contribution in [0.2, 0.25) is 0 Å². The maximum absolute atomic E-state index is 12.6. The van der Waals surface area contributed by atoms with E-state index in [-0.39, 0.29) is 17.1 Å². The first-order chi connectivity index (χ1) is 11.3. The van der Waals surface area contributed by atoms with E-state index >= 15 is 0 Å². The fraction of sp³-hybridized carbons (Fsp3) is 0.125. The largest absolute Gasteiger partial charge is 0.504 e. The summed E-state index contributed by atoms with van der Waals surface area (Å²) in [5, 5.41) is 13.1. The Bertz CT molecular complexity index is 773. The summed E-state index contributed by atoms with van der Waals surface area (Å²) in [6.45, 7) is 0. The second kappa shape index (κ2) is 7.03. The molecule has 0 aliphatic heterocycles. The van der Waals surface area contributed by atoms with Gasteiger partial charge in [-0.1, -0.05) is 6.07 Å². The van der Waals surface area contributed by atoms with Crippen LogP contribution in [-0.2, 0) is 6.18 Å². The number of carbonyl (C=O) groups excluding carboxylic acids is 1. The Hall–Kier alpha value is -3.03. The van der Waals surface area contributed by atoms with Gasteiger partial charge < -0.3 is 9.84 Å². The van der Waals surface area contributed by atoms with Crippen molar-refractivity contribution in [1.29, 1.82) is 0 Å². The predicted molar refractivity (Wildman–Crippen MR) is 81.2 cm³/mol. The van der Waals surface area contributed by atoms with Crippen LogP contribution in [0.5, 0.6) is 11.5 Å². The van der Waals surface area contributed by atoms with E-state index in [4.69, 9.17) is 4.74 Å². The first-order valence-electron chi connectivity index (χ1n) is 6.69. The molecule has 0 spiro atoms. The summed E-state index contributed by atoms with van der Waals surface area (Å²) in [6.07, 6.45) is -3.25. The summed E-state index contributed by atoms with van der Waals surface area (Å²) >= 11 is 0. The van der Waals surface area contributed by atoms with Crippen molar-refractivity contribution in [3.05, 3.63) is 59.2 Å². The zero-order valence-electron chi connectivity index (χ0n) is 12.5. The second-order valence-corrected chi connectivity index (χ2v) is 4.71. The first-order valence-corrected chi connectivity index (χ1v) is 6.69. The van der Waals surface area contributed by atoms with Gasteiger partial charge in [-0.2, -0.15) is 18.3 Å². The molecule has 2 N–H and O–H groups in total. The van der Waals surface area contributed by atoms with Crippen molar-refractivity contribution in [2.24, 2.45) is 5.10 Å².